The number of carbonyl (C=O) groups excluding carboxylic acids is 2. The van der Waals surface area contributed by atoms with E-state index in [0.717, 1.165) is 5.69 Å². The molecule has 9 nitrogen and oxygen atoms in total. The van der Waals surface area contributed by atoms with Gasteiger partial charge in [0.1, 0.15) is 23.6 Å². The number of amides is 2. The van der Waals surface area contributed by atoms with Crippen LogP contribution in [0.4, 0.5) is 10.1 Å². The lowest BCUT2D eigenvalue weighted by atomic mass is 9.85. The maximum absolute atomic E-state index is 13.5. The van der Waals surface area contributed by atoms with Crippen molar-refractivity contribution in [3.63, 3.8) is 0 Å². The summed E-state index contributed by atoms with van der Waals surface area (Å²) in [5, 5.41) is 24.1. The van der Waals surface area contributed by atoms with Gasteiger partial charge in [-0.2, -0.15) is 0 Å². The molecule has 1 aromatic carbocycles. The number of nitrogens with one attached hydrogen (secondary N) is 2. The van der Waals surface area contributed by atoms with Gasteiger partial charge in [0.25, 0.3) is 0 Å². The van der Waals surface area contributed by atoms with Crippen molar-refractivity contribution in [3.8, 4) is 0 Å². The average Bonchev–Trinajstić information content (AvgIpc) is 3.32. The van der Waals surface area contributed by atoms with Gasteiger partial charge in [0.15, 0.2) is 0 Å². The Labute approximate surface area is 180 Å². The Bertz CT molecular complexity index is 924. The zero-order valence-corrected chi connectivity index (χ0v) is 18.2. The summed E-state index contributed by atoms with van der Waals surface area (Å²) in [6.07, 6.45) is 1.14. The molecule has 1 aliphatic heterocycles. The van der Waals surface area contributed by atoms with E-state index in [0.29, 0.717) is 12.2 Å². The van der Waals surface area contributed by atoms with Crippen LogP contribution < -0.4 is 10.6 Å². The number of aliphatic hydroxyl groups is 1. The van der Waals surface area contributed by atoms with Gasteiger partial charge in [-0.1, -0.05) is 26.0 Å². The molecule has 2 aromatic rings. The highest BCUT2D eigenvalue weighted by Crippen LogP contribution is 2.34. The van der Waals surface area contributed by atoms with Gasteiger partial charge in [-0.25, -0.2) is 9.07 Å². The van der Waals surface area contributed by atoms with E-state index in [-0.39, 0.29) is 30.6 Å². The van der Waals surface area contributed by atoms with E-state index in [1.165, 1.54) is 28.8 Å². The van der Waals surface area contributed by atoms with Crippen LogP contribution in [0, 0.1) is 11.2 Å². The molecule has 2 heterocycles. The van der Waals surface area contributed by atoms with Crippen LogP contribution in [0.2, 0.25) is 0 Å². The zero-order valence-electron chi connectivity index (χ0n) is 18.2. The first-order valence-electron chi connectivity index (χ1n) is 10.2. The number of carbonyl (C=O) groups is 2. The molecule has 0 saturated carbocycles. The summed E-state index contributed by atoms with van der Waals surface area (Å²) < 4.78 is 14.6. The van der Waals surface area contributed by atoms with Crippen molar-refractivity contribution < 1.29 is 19.1 Å². The molecule has 0 aliphatic carbocycles. The lowest BCUT2D eigenvalue weighted by Crippen LogP contribution is -2.49. The fourth-order valence-corrected chi connectivity index (χ4v) is 3.79. The predicted octanol–water partition coefficient (Wildman–Crippen LogP) is 1.32. The third kappa shape index (κ3) is 5.19. The van der Waals surface area contributed by atoms with Crippen molar-refractivity contribution in [1.82, 2.24) is 25.2 Å². The molecule has 3 N–H and O–H groups in total. The quantitative estimate of drug-likeness (QED) is 0.635. The monoisotopic (exact) mass is 432 g/mol. The number of benzene rings is 1. The highest BCUT2D eigenvalue weighted by Gasteiger charge is 2.44. The number of hydrogen-bond donors (Lipinski definition) is 3. The summed E-state index contributed by atoms with van der Waals surface area (Å²) in [6.45, 7) is 6.18. The number of anilines is 1. The van der Waals surface area contributed by atoms with Gasteiger partial charge in [0, 0.05) is 25.7 Å². The maximum atomic E-state index is 13.5. The lowest BCUT2D eigenvalue weighted by molar-refractivity contribution is -0.144. The molecule has 2 amide bonds. The molecule has 0 radical (unpaired) electrons. The highest BCUT2D eigenvalue weighted by molar-refractivity contribution is 5.90. The number of halogens is 1. The summed E-state index contributed by atoms with van der Waals surface area (Å²) in [4.78, 5) is 27.2. The minimum absolute atomic E-state index is 0.0944. The number of hydrogen-bond acceptors (Lipinski definition) is 6. The summed E-state index contributed by atoms with van der Waals surface area (Å²) in [7, 11) is 1.51. The van der Waals surface area contributed by atoms with Crippen molar-refractivity contribution in [1.29, 1.82) is 0 Å². The molecule has 3 atom stereocenters. The number of rotatable bonds is 6. The number of aliphatic hydroxyl groups excluding tert-OH is 1. The standard InChI is InChI=1S/C21H29FN6O3/c1-21(2,3)18(20(31)27-12-16(29)9-17(27)19(30)23-4)28-11-15(25-26-28)10-24-14-7-5-13(22)6-8-14/h5-8,11,16-18,24,29H,9-10,12H2,1-4H3,(H,23,30)/t16-,17+,18-/m1/s1. The molecular weight excluding hydrogens is 403 g/mol. The van der Waals surface area contributed by atoms with E-state index < -0.39 is 23.6 Å². The van der Waals surface area contributed by atoms with Crippen LogP contribution in [0.5, 0.6) is 0 Å². The molecule has 168 valence electrons. The normalized spacial score (nSPS) is 19.9. The molecule has 1 aromatic heterocycles. The second-order valence-corrected chi connectivity index (χ2v) is 8.83. The Morgan fingerprint density at radius 2 is 1.97 bits per heavy atom. The maximum Gasteiger partial charge on any atom is 0.248 e. The molecule has 31 heavy (non-hydrogen) atoms. The van der Waals surface area contributed by atoms with Crippen LogP contribution in [0.3, 0.4) is 0 Å². The van der Waals surface area contributed by atoms with Crippen LogP contribution in [-0.2, 0) is 16.1 Å². The zero-order chi connectivity index (χ0) is 22.8. The molecule has 3 rings (SSSR count). The van der Waals surface area contributed by atoms with Gasteiger partial charge in [-0.05, 0) is 29.7 Å². The molecule has 10 heteroatoms. The number of likely N-dealkylation sites (N-methyl/N-ethyl adjacent to an activating group) is 1. The molecule has 1 saturated heterocycles. The fraction of sp³-hybridized carbons (Fsp3) is 0.524. The number of β-amino-alcohol motifs (C(OH)–C–C–N with tert-alkyl or cyclic N) is 1. The highest BCUT2D eigenvalue weighted by atomic mass is 19.1. The Kier molecular flexibility index (Phi) is 6.59. The third-order valence-corrected chi connectivity index (χ3v) is 5.31. The molecule has 1 aliphatic rings. The van der Waals surface area contributed by atoms with E-state index in [4.69, 9.17) is 0 Å². The first-order chi connectivity index (χ1) is 14.6. The van der Waals surface area contributed by atoms with Crippen LogP contribution in [-0.4, -0.2) is 62.6 Å². The van der Waals surface area contributed by atoms with Crippen molar-refractivity contribution in [2.24, 2.45) is 5.41 Å². The van der Waals surface area contributed by atoms with E-state index in [1.54, 1.807) is 18.3 Å². The van der Waals surface area contributed by atoms with Crippen molar-refractivity contribution >= 4 is 17.5 Å². The fourth-order valence-electron chi connectivity index (χ4n) is 3.79. The molecule has 1 fully saturated rings. The SMILES string of the molecule is CNC(=O)[C@@H]1C[C@@H](O)CN1C(=O)[C@@H](n1cc(CNc2ccc(F)cc2)nn1)C(C)(C)C. The van der Waals surface area contributed by atoms with Crippen molar-refractivity contribution in [2.75, 3.05) is 18.9 Å². The summed E-state index contributed by atoms with van der Waals surface area (Å²) >= 11 is 0. The molecule has 0 unspecified atom stereocenters. The van der Waals surface area contributed by atoms with E-state index in [1.807, 2.05) is 20.8 Å². The van der Waals surface area contributed by atoms with E-state index in [2.05, 4.69) is 20.9 Å². The number of nitrogens with zero attached hydrogens (tertiary/aromatic N) is 4. The summed E-state index contributed by atoms with van der Waals surface area (Å²) in [5.74, 6) is -0.911. The molecule has 0 bridgehead atoms. The first-order valence-corrected chi connectivity index (χ1v) is 10.2. The van der Waals surface area contributed by atoms with Gasteiger partial charge in [0.05, 0.1) is 18.8 Å². The first kappa shape index (κ1) is 22.7. The predicted molar refractivity (Wildman–Crippen MR) is 112 cm³/mol. The van der Waals surface area contributed by atoms with E-state index >= 15 is 0 Å². The van der Waals surface area contributed by atoms with E-state index in [9.17, 15) is 19.1 Å². The van der Waals surface area contributed by atoms with Crippen molar-refractivity contribution in [3.05, 3.63) is 42.0 Å². The summed E-state index contributed by atoms with van der Waals surface area (Å²) in [6, 6.07) is 4.54. The minimum Gasteiger partial charge on any atom is -0.391 e. The smallest absolute Gasteiger partial charge is 0.248 e. The Hall–Kier alpha value is -3.01. The number of aromatic nitrogens is 3. The Balaban J connectivity index is 1.79. The van der Waals surface area contributed by atoms with Gasteiger partial charge in [-0.15, -0.1) is 5.10 Å². The molecule has 0 spiro atoms. The van der Waals surface area contributed by atoms with Crippen LogP contribution in [0.15, 0.2) is 30.5 Å². The largest absolute Gasteiger partial charge is 0.391 e. The van der Waals surface area contributed by atoms with Gasteiger partial charge >= 0.3 is 0 Å². The van der Waals surface area contributed by atoms with Gasteiger partial charge < -0.3 is 20.6 Å². The topological polar surface area (TPSA) is 112 Å². The van der Waals surface area contributed by atoms with Crippen LogP contribution in [0.1, 0.15) is 38.9 Å². The second kappa shape index (κ2) is 9.01. The van der Waals surface area contributed by atoms with Crippen LogP contribution >= 0.6 is 0 Å². The Morgan fingerprint density at radius 3 is 2.58 bits per heavy atom. The average molecular weight is 433 g/mol. The third-order valence-electron chi connectivity index (χ3n) is 5.31. The second-order valence-electron chi connectivity index (χ2n) is 8.83. The van der Waals surface area contributed by atoms with Gasteiger partial charge in [-0.3, -0.25) is 9.59 Å². The van der Waals surface area contributed by atoms with Gasteiger partial charge in [0.2, 0.25) is 11.8 Å². The number of likely N-dealkylation sites (tertiary alicyclic amines) is 1. The van der Waals surface area contributed by atoms with Crippen molar-refractivity contribution in [2.45, 2.75) is 51.9 Å². The minimum atomic E-state index is -0.752. The van der Waals surface area contributed by atoms with Crippen LogP contribution in [0.25, 0.3) is 0 Å². The lowest BCUT2D eigenvalue weighted by Gasteiger charge is -2.34. The Morgan fingerprint density at radius 1 is 1.29 bits per heavy atom. The summed E-state index contributed by atoms with van der Waals surface area (Å²) in [5.41, 5.74) is 0.822. The molecular formula is C21H29FN6O3.